The SMILES string of the molecule is CC(C)OC(=O)c1ccc2nc(-c3n[nH]c4ccccc34)[nH]c2c1. The zero-order valence-corrected chi connectivity index (χ0v) is 13.3. The molecule has 0 amide bonds. The maximum Gasteiger partial charge on any atom is 0.338 e. The molecule has 0 aliphatic rings. The molecule has 0 unspecified atom stereocenters. The Morgan fingerprint density at radius 1 is 1.12 bits per heavy atom. The van der Waals surface area contributed by atoms with Crippen molar-refractivity contribution in [2.24, 2.45) is 0 Å². The quantitative estimate of drug-likeness (QED) is 0.564. The van der Waals surface area contributed by atoms with Crippen LogP contribution in [-0.4, -0.2) is 32.2 Å². The van der Waals surface area contributed by atoms with Crippen LogP contribution >= 0.6 is 0 Å². The first-order valence-corrected chi connectivity index (χ1v) is 7.76. The second-order valence-electron chi connectivity index (χ2n) is 5.89. The number of aromatic amines is 2. The van der Waals surface area contributed by atoms with E-state index in [0.29, 0.717) is 11.4 Å². The third-order valence-corrected chi connectivity index (χ3v) is 3.75. The van der Waals surface area contributed by atoms with Crippen LogP contribution < -0.4 is 0 Å². The largest absolute Gasteiger partial charge is 0.459 e. The van der Waals surface area contributed by atoms with E-state index in [4.69, 9.17) is 4.74 Å². The highest BCUT2D eigenvalue weighted by atomic mass is 16.5. The number of H-pyrrole nitrogens is 2. The number of hydrogen-bond donors (Lipinski definition) is 2. The topological polar surface area (TPSA) is 83.7 Å². The minimum absolute atomic E-state index is 0.152. The van der Waals surface area contributed by atoms with Gasteiger partial charge in [-0.25, -0.2) is 9.78 Å². The summed E-state index contributed by atoms with van der Waals surface area (Å²) in [4.78, 5) is 19.8. The lowest BCUT2D eigenvalue weighted by Gasteiger charge is -2.07. The number of ether oxygens (including phenoxy) is 1. The number of carbonyl (C=O) groups excluding carboxylic acids is 1. The van der Waals surface area contributed by atoms with Gasteiger partial charge < -0.3 is 9.72 Å². The van der Waals surface area contributed by atoms with E-state index in [1.165, 1.54) is 0 Å². The zero-order chi connectivity index (χ0) is 16.7. The molecule has 6 nitrogen and oxygen atoms in total. The Morgan fingerprint density at radius 3 is 2.79 bits per heavy atom. The monoisotopic (exact) mass is 320 g/mol. The number of rotatable bonds is 3. The summed E-state index contributed by atoms with van der Waals surface area (Å²) in [5, 5.41) is 8.34. The Bertz CT molecular complexity index is 1050. The van der Waals surface area contributed by atoms with E-state index in [1.54, 1.807) is 18.2 Å². The van der Waals surface area contributed by atoms with Crippen molar-refractivity contribution in [2.75, 3.05) is 0 Å². The van der Waals surface area contributed by atoms with Crippen LogP contribution in [0.5, 0.6) is 0 Å². The number of hydrogen-bond acceptors (Lipinski definition) is 4. The lowest BCUT2D eigenvalue weighted by Crippen LogP contribution is -2.11. The molecule has 0 aliphatic carbocycles. The third-order valence-electron chi connectivity index (χ3n) is 3.75. The summed E-state index contributed by atoms with van der Waals surface area (Å²) in [7, 11) is 0. The van der Waals surface area contributed by atoms with Gasteiger partial charge in [-0.3, -0.25) is 5.10 Å². The van der Waals surface area contributed by atoms with Crippen LogP contribution in [0.15, 0.2) is 42.5 Å². The lowest BCUT2D eigenvalue weighted by molar-refractivity contribution is 0.0378. The number of esters is 1. The minimum Gasteiger partial charge on any atom is -0.459 e. The highest BCUT2D eigenvalue weighted by Crippen LogP contribution is 2.26. The predicted molar refractivity (Wildman–Crippen MR) is 91.7 cm³/mol. The van der Waals surface area contributed by atoms with Crippen molar-refractivity contribution in [3.8, 4) is 11.5 Å². The molecule has 4 rings (SSSR count). The molecule has 0 bridgehead atoms. The first-order valence-electron chi connectivity index (χ1n) is 7.76. The highest BCUT2D eigenvalue weighted by Gasteiger charge is 2.14. The molecule has 0 aliphatic heterocycles. The van der Waals surface area contributed by atoms with E-state index in [9.17, 15) is 4.79 Å². The van der Waals surface area contributed by atoms with Crippen LogP contribution in [0.1, 0.15) is 24.2 Å². The van der Waals surface area contributed by atoms with Crippen LogP contribution in [0.2, 0.25) is 0 Å². The number of benzene rings is 2. The molecule has 2 N–H and O–H groups in total. The smallest absolute Gasteiger partial charge is 0.338 e. The molecular weight excluding hydrogens is 304 g/mol. The molecule has 2 heterocycles. The average molecular weight is 320 g/mol. The molecule has 0 saturated heterocycles. The lowest BCUT2D eigenvalue weighted by atomic mass is 10.2. The van der Waals surface area contributed by atoms with Crippen molar-refractivity contribution >= 4 is 27.9 Å². The van der Waals surface area contributed by atoms with E-state index in [-0.39, 0.29) is 12.1 Å². The number of fused-ring (bicyclic) bond motifs is 2. The van der Waals surface area contributed by atoms with Crippen molar-refractivity contribution in [1.82, 2.24) is 20.2 Å². The van der Waals surface area contributed by atoms with Crippen LogP contribution in [0.4, 0.5) is 0 Å². The Kier molecular flexibility index (Phi) is 3.30. The Hall–Kier alpha value is -3.15. The first kappa shape index (κ1) is 14.4. The number of imidazole rings is 1. The molecule has 2 aromatic heterocycles. The highest BCUT2D eigenvalue weighted by molar-refractivity contribution is 5.96. The molecule has 4 aromatic rings. The van der Waals surface area contributed by atoms with E-state index >= 15 is 0 Å². The number of carbonyl (C=O) groups is 1. The second kappa shape index (κ2) is 5.49. The van der Waals surface area contributed by atoms with Gasteiger partial charge in [-0.15, -0.1) is 0 Å². The van der Waals surface area contributed by atoms with E-state index in [1.807, 2.05) is 38.1 Å². The van der Waals surface area contributed by atoms with Crippen molar-refractivity contribution < 1.29 is 9.53 Å². The van der Waals surface area contributed by atoms with Gasteiger partial charge in [0.25, 0.3) is 0 Å². The van der Waals surface area contributed by atoms with Gasteiger partial charge in [-0.05, 0) is 38.1 Å². The number of para-hydroxylation sites is 1. The molecule has 0 radical (unpaired) electrons. The molecule has 0 saturated carbocycles. The summed E-state index contributed by atoms with van der Waals surface area (Å²) in [6.45, 7) is 3.65. The summed E-state index contributed by atoms with van der Waals surface area (Å²) in [6.07, 6.45) is -0.152. The Morgan fingerprint density at radius 2 is 1.96 bits per heavy atom. The van der Waals surface area contributed by atoms with Crippen LogP contribution in [0, 0.1) is 0 Å². The van der Waals surface area contributed by atoms with Crippen LogP contribution in [0.25, 0.3) is 33.5 Å². The summed E-state index contributed by atoms with van der Waals surface area (Å²) in [6, 6.07) is 13.2. The molecule has 2 aromatic carbocycles. The minimum atomic E-state index is -0.340. The maximum absolute atomic E-state index is 12.0. The van der Waals surface area contributed by atoms with Gasteiger partial charge in [0.1, 0.15) is 5.69 Å². The second-order valence-corrected chi connectivity index (χ2v) is 5.89. The van der Waals surface area contributed by atoms with Gasteiger partial charge in [0.2, 0.25) is 0 Å². The van der Waals surface area contributed by atoms with Crippen molar-refractivity contribution in [3.05, 3.63) is 48.0 Å². The molecule has 0 atom stereocenters. The predicted octanol–water partition coefficient (Wildman–Crippen LogP) is 3.67. The fourth-order valence-electron chi connectivity index (χ4n) is 2.67. The number of aromatic nitrogens is 4. The molecule has 24 heavy (non-hydrogen) atoms. The van der Waals surface area contributed by atoms with Crippen molar-refractivity contribution in [1.29, 1.82) is 0 Å². The van der Waals surface area contributed by atoms with Gasteiger partial charge in [0, 0.05) is 5.39 Å². The Balaban J connectivity index is 1.77. The van der Waals surface area contributed by atoms with Crippen LogP contribution in [0.3, 0.4) is 0 Å². The summed E-state index contributed by atoms with van der Waals surface area (Å²) >= 11 is 0. The van der Waals surface area contributed by atoms with E-state index < -0.39 is 0 Å². The normalized spacial score (nSPS) is 11.5. The van der Waals surface area contributed by atoms with Crippen LogP contribution in [-0.2, 0) is 4.74 Å². The van der Waals surface area contributed by atoms with E-state index in [2.05, 4.69) is 20.2 Å². The fraction of sp³-hybridized carbons (Fsp3) is 0.167. The summed E-state index contributed by atoms with van der Waals surface area (Å²) < 4.78 is 5.23. The molecule has 0 fully saturated rings. The van der Waals surface area contributed by atoms with Gasteiger partial charge in [0.05, 0.1) is 28.2 Å². The fourth-order valence-corrected chi connectivity index (χ4v) is 2.67. The van der Waals surface area contributed by atoms with Gasteiger partial charge in [-0.2, -0.15) is 5.10 Å². The first-order chi connectivity index (χ1) is 11.6. The number of nitrogens with one attached hydrogen (secondary N) is 2. The molecule has 6 heteroatoms. The number of nitrogens with zero attached hydrogens (tertiary/aromatic N) is 2. The molecular formula is C18H16N4O2. The third kappa shape index (κ3) is 2.42. The van der Waals surface area contributed by atoms with Gasteiger partial charge in [0.15, 0.2) is 5.82 Å². The van der Waals surface area contributed by atoms with Gasteiger partial charge >= 0.3 is 5.97 Å². The molecule has 120 valence electrons. The standard InChI is InChI=1S/C18H16N4O2/c1-10(2)24-18(23)11-7-8-14-15(9-11)20-17(19-14)16-12-5-3-4-6-13(12)21-22-16/h3-10H,1-2H3,(H,19,20)(H,21,22). The Labute approximate surface area is 137 Å². The average Bonchev–Trinajstić information content (AvgIpc) is 3.16. The zero-order valence-electron chi connectivity index (χ0n) is 13.3. The maximum atomic E-state index is 12.0. The van der Waals surface area contributed by atoms with Crippen molar-refractivity contribution in [2.45, 2.75) is 20.0 Å². The summed E-state index contributed by atoms with van der Waals surface area (Å²) in [5.41, 5.74) is 3.76. The van der Waals surface area contributed by atoms with Crippen molar-refractivity contribution in [3.63, 3.8) is 0 Å². The molecule has 0 spiro atoms. The van der Waals surface area contributed by atoms with Gasteiger partial charge in [-0.1, -0.05) is 18.2 Å². The summed E-state index contributed by atoms with van der Waals surface area (Å²) in [5.74, 6) is 0.324. The van der Waals surface area contributed by atoms with E-state index in [0.717, 1.165) is 27.6 Å².